The Bertz CT molecular complexity index is 1060. The summed E-state index contributed by atoms with van der Waals surface area (Å²) in [5.41, 5.74) is 2.82. The number of amides is 1. The highest BCUT2D eigenvalue weighted by Crippen LogP contribution is 2.40. The highest BCUT2D eigenvalue weighted by molar-refractivity contribution is 5.81. The molecule has 9 heteroatoms. The zero-order chi connectivity index (χ0) is 21.6. The molecule has 30 heavy (non-hydrogen) atoms. The number of aromatic nitrogens is 3. The molecule has 2 unspecified atom stereocenters. The van der Waals surface area contributed by atoms with Gasteiger partial charge in [-0.3, -0.25) is 13.9 Å². The lowest BCUT2D eigenvalue weighted by Gasteiger charge is -2.18. The first-order valence-electron chi connectivity index (χ1n) is 10.3. The van der Waals surface area contributed by atoms with Crippen molar-refractivity contribution in [3.63, 3.8) is 0 Å². The van der Waals surface area contributed by atoms with Gasteiger partial charge in [0.1, 0.15) is 6.10 Å². The highest BCUT2D eigenvalue weighted by atomic mass is 19.3. The van der Waals surface area contributed by atoms with Gasteiger partial charge in [0.25, 0.3) is 5.91 Å². The molecule has 3 heterocycles. The number of alkyl halides is 2. The molecule has 2 aliphatic rings. The number of hydrogen-bond donors (Lipinski definition) is 1. The van der Waals surface area contributed by atoms with Crippen LogP contribution in [0.2, 0.25) is 0 Å². The molecule has 2 aromatic heterocycles. The minimum atomic E-state index is -2.37. The van der Waals surface area contributed by atoms with Gasteiger partial charge in [-0.1, -0.05) is 6.08 Å². The fraction of sp³-hybridized carbons (Fsp3) is 0.571. The Hall–Kier alpha value is -2.55. The largest absolute Gasteiger partial charge is 0.384 e. The summed E-state index contributed by atoms with van der Waals surface area (Å²) < 4.78 is 27.8. The van der Waals surface area contributed by atoms with Gasteiger partial charge in [-0.15, -0.1) is 0 Å². The molecule has 0 saturated carbocycles. The van der Waals surface area contributed by atoms with Crippen LogP contribution in [0.5, 0.6) is 0 Å². The molecule has 2 aromatic rings. The van der Waals surface area contributed by atoms with Crippen molar-refractivity contribution in [1.82, 2.24) is 19.0 Å². The van der Waals surface area contributed by atoms with E-state index < -0.39 is 12.5 Å². The van der Waals surface area contributed by atoms with Crippen LogP contribution >= 0.6 is 0 Å². The third-order valence-electron chi connectivity index (χ3n) is 6.17. The van der Waals surface area contributed by atoms with Crippen LogP contribution in [0.1, 0.15) is 31.9 Å². The van der Waals surface area contributed by atoms with Crippen molar-refractivity contribution in [3.8, 4) is 0 Å². The summed E-state index contributed by atoms with van der Waals surface area (Å²) in [6.45, 7) is 2.94. The van der Waals surface area contributed by atoms with Gasteiger partial charge in [0.15, 0.2) is 5.65 Å². The Morgan fingerprint density at radius 3 is 2.77 bits per heavy atom. The molecule has 0 radical (unpaired) electrons. The van der Waals surface area contributed by atoms with Crippen molar-refractivity contribution in [1.29, 1.82) is 0 Å². The van der Waals surface area contributed by atoms with Gasteiger partial charge in [0.05, 0.1) is 11.2 Å². The second kappa shape index (κ2) is 7.94. The summed E-state index contributed by atoms with van der Waals surface area (Å²) in [6, 6.07) is 3.70. The number of pyridine rings is 1. The number of aryl methyl sites for hydroxylation is 2. The minimum Gasteiger partial charge on any atom is -0.384 e. The number of rotatable bonds is 6. The molecule has 3 atom stereocenters. The first-order chi connectivity index (χ1) is 14.3. The summed E-state index contributed by atoms with van der Waals surface area (Å²) in [5, 5.41) is 9.52. The van der Waals surface area contributed by atoms with E-state index in [9.17, 15) is 23.5 Å². The first-order valence-corrected chi connectivity index (χ1v) is 10.3. The normalized spacial score (nSPS) is 22.1. The average molecular weight is 420 g/mol. The SMILES string of the molecule is C[C@H](O)C(=O)N1CC2C=C(c3ccc4c(n3)n(C)c(=O)n4CCCC(F)F)CC2C1. The lowest BCUT2D eigenvalue weighted by molar-refractivity contribution is -0.138. The molecule has 1 fully saturated rings. The third-order valence-corrected chi connectivity index (χ3v) is 6.17. The van der Waals surface area contributed by atoms with Gasteiger partial charge in [0, 0.05) is 33.1 Å². The van der Waals surface area contributed by atoms with E-state index in [0.29, 0.717) is 30.2 Å². The van der Waals surface area contributed by atoms with Gasteiger partial charge in [-0.05, 0) is 49.3 Å². The number of aliphatic hydroxyl groups excluding tert-OH is 1. The van der Waals surface area contributed by atoms with Crippen molar-refractivity contribution in [2.75, 3.05) is 13.1 Å². The summed E-state index contributed by atoms with van der Waals surface area (Å²) in [5.74, 6) is 0.313. The monoisotopic (exact) mass is 420 g/mol. The van der Waals surface area contributed by atoms with Crippen molar-refractivity contribution in [3.05, 3.63) is 34.4 Å². The second-order valence-corrected chi connectivity index (χ2v) is 8.30. The lowest BCUT2D eigenvalue weighted by atomic mass is 9.99. The maximum Gasteiger partial charge on any atom is 0.330 e. The predicted octanol–water partition coefficient (Wildman–Crippen LogP) is 2.02. The summed E-state index contributed by atoms with van der Waals surface area (Å²) >= 11 is 0. The topological polar surface area (TPSA) is 80.4 Å². The fourth-order valence-electron chi connectivity index (χ4n) is 4.62. The van der Waals surface area contributed by atoms with E-state index in [4.69, 9.17) is 4.98 Å². The Balaban J connectivity index is 1.55. The quantitative estimate of drug-likeness (QED) is 0.776. The van der Waals surface area contributed by atoms with Crippen molar-refractivity contribution >= 4 is 22.6 Å². The summed E-state index contributed by atoms with van der Waals surface area (Å²) in [7, 11) is 1.64. The highest BCUT2D eigenvalue weighted by Gasteiger charge is 2.39. The number of carbonyl (C=O) groups excluding carboxylic acids is 1. The number of hydrogen-bond acceptors (Lipinski definition) is 4. The maximum absolute atomic E-state index is 12.5. The fourth-order valence-corrected chi connectivity index (χ4v) is 4.62. The molecular formula is C21H26F2N4O3. The molecule has 1 amide bonds. The van der Waals surface area contributed by atoms with Gasteiger partial charge < -0.3 is 10.0 Å². The molecule has 162 valence electrons. The van der Waals surface area contributed by atoms with Crippen molar-refractivity contribution in [2.24, 2.45) is 18.9 Å². The Morgan fingerprint density at radius 1 is 1.33 bits per heavy atom. The summed E-state index contributed by atoms with van der Waals surface area (Å²) in [6.07, 6.45) is -0.433. The van der Waals surface area contributed by atoms with Crippen LogP contribution in [0.4, 0.5) is 8.78 Å². The molecule has 1 aliphatic heterocycles. The van der Waals surface area contributed by atoms with E-state index in [1.54, 1.807) is 11.9 Å². The number of imidazole rings is 1. The molecule has 4 rings (SSSR count). The molecular weight excluding hydrogens is 394 g/mol. The number of aliphatic hydroxyl groups is 1. The van der Waals surface area contributed by atoms with Gasteiger partial charge in [-0.2, -0.15) is 0 Å². The second-order valence-electron chi connectivity index (χ2n) is 8.30. The van der Waals surface area contributed by atoms with Gasteiger partial charge in [0.2, 0.25) is 6.43 Å². The van der Waals surface area contributed by atoms with Crippen LogP contribution in [0.3, 0.4) is 0 Å². The molecule has 0 aromatic carbocycles. The number of fused-ring (bicyclic) bond motifs is 2. The number of nitrogens with zero attached hydrogens (tertiary/aromatic N) is 4. The average Bonchev–Trinajstić information content (AvgIpc) is 3.34. The Kier molecular flexibility index (Phi) is 5.48. The van der Waals surface area contributed by atoms with Gasteiger partial charge in [-0.25, -0.2) is 18.6 Å². The van der Waals surface area contributed by atoms with Crippen LogP contribution in [-0.2, 0) is 18.4 Å². The van der Waals surface area contributed by atoms with Crippen LogP contribution in [0.25, 0.3) is 16.7 Å². The third kappa shape index (κ3) is 3.66. The molecule has 1 saturated heterocycles. The smallest absolute Gasteiger partial charge is 0.330 e. The Labute approximate surface area is 172 Å². The van der Waals surface area contributed by atoms with Crippen LogP contribution in [-0.4, -0.2) is 55.7 Å². The van der Waals surface area contributed by atoms with E-state index >= 15 is 0 Å². The number of carbonyl (C=O) groups is 1. The predicted molar refractivity (Wildman–Crippen MR) is 108 cm³/mol. The first kappa shape index (κ1) is 20.7. The number of likely N-dealkylation sites (tertiary alicyclic amines) is 1. The van der Waals surface area contributed by atoms with E-state index in [0.717, 1.165) is 17.7 Å². The van der Waals surface area contributed by atoms with E-state index in [1.807, 2.05) is 12.1 Å². The number of allylic oxidation sites excluding steroid dienone is 1. The maximum atomic E-state index is 12.5. The zero-order valence-electron chi connectivity index (χ0n) is 17.1. The zero-order valence-corrected chi connectivity index (χ0v) is 17.1. The van der Waals surface area contributed by atoms with Crippen molar-refractivity contribution < 1.29 is 18.7 Å². The lowest BCUT2D eigenvalue weighted by Crippen LogP contribution is -2.36. The molecule has 0 spiro atoms. The van der Waals surface area contributed by atoms with E-state index in [2.05, 4.69) is 6.08 Å². The van der Waals surface area contributed by atoms with Crippen molar-refractivity contribution in [2.45, 2.75) is 45.3 Å². The standard InChI is InChI=1S/C21H26F2N4O3/c1-12(28)20(29)26-10-14-8-13(9-15(14)11-26)16-5-6-17-19(24-16)25(2)21(30)27(17)7-3-4-18(22)23/h5-6,8,12,14-15,18,28H,3-4,7,9-11H2,1-2H3/t12-,14?,15?/m0/s1. The number of halogens is 2. The van der Waals surface area contributed by atoms with Crippen LogP contribution in [0.15, 0.2) is 23.0 Å². The van der Waals surface area contributed by atoms with E-state index in [1.165, 1.54) is 16.1 Å². The molecule has 0 bridgehead atoms. The summed E-state index contributed by atoms with van der Waals surface area (Å²) in [4.78, 5) is 31.0. The van der Waals surface area contributed by atoms with Crippen LogP contribution in [0, 0.1) is 11.8 Å². The van der Waals surface area contributed by atoms with Gasteiger partial charge >= 0.3 is 5.69 Å². The van der Waals surface area contributed by atoms with Crippen LogP contribution < -0.4 is 5.69 Å². The Morgan fingerprint density at radius 2 is 2.10 bits per heavy atom. The minimum absolute atomic E-state index is 0.231. The molecule has 1 N–H and O–H groups in total. The van der Waals surface area contributed by atoms with E-state index in [-0.39, 0.29) is 36.9 Å². The molecule has 7 nitrogen and oxygen atoms in total. The molecule has 1 aliphatic carbocycles.